The van der Waals surface area contributed by atoms with Crippen molar-refractivity contribution >= 4 is 69.7 Å². The summed E-state index contributed by atoms with van der Waals surface area (Å²) in [5.41, 5.74) is 0. The van der Waals surface area contributed by atoms with Gasteiger partial charge in [-0.2, -0.15) is 0 Å². The molecule has 0 saturated carbocycles. The average Bonchev–Trinajstić information content (AvgIpc) is 3.69. The summed E-state index contributed by atoms with van der Waals surface area (Å²) in [6, 6.07) is 18.8. The van der Waals surface area contributed by atoms with Crippen LogP contribution in [0.4, 0.5) is 0 Å². The van der Waals surface area contributed by atoms with Crippen molar-refractivity contribution in [1.82, 2.24) is 0 Å². The van der Waals surface area contributed by atoms with Gasteiger partial charge in [0.05, 0.1) is 0 Å². The van der Waals surface area contributed by atoms with E-state index in [2.05, 4.69) is 86.7 Å². The highest BCUT2D eigenvalue weighted by atomic mass is 32.1. The number of hydrogen-bond donors (Lipinski definition) is 0. The quantitative estimate of drug-likeness (QED) is 0.192. The normalized spacial score (nSPS) is 19.1. The van der Waals surface area contributed by atoms with E-state index in [1.165, 1.54) is 90.4 Å². The van der Waals surface area contributed by atoms with E-state index in [-0.39, 0.29) is 0 Å². The van der Waals surface area contributed by atoms with Crippen LogP contribution in [-0.2, 0) is 0 Å². The molecule has 0 nitrogen and oxygen atoms in total. The highest BCUT2D eigenvalue weighted by Gasteiger charge is 2.20. The third-order valence-corrected chi connectivity index (χ3v) is 11.6. The summed E-state index contributed by atoms with van der Waals surface area (Å²) in [5.74, 6) is 1.03. The Morgan fingerprint density at radius 1 is 0.444 bits per heavy atom. The van der Waals surface area contributed by atoms with Gasteiger partial charge in [-0.25, -0.2) is 0 Å². The van der Waals surface area contributed by atoms with Gasteiger partial charge in [0.2, 0.25) is 0 Å². The lowest BCUT2D eigenvalue weighted by Gasteiger charge is -2.13. The summed E-state index contributed by atoms with van der Waals surface area (Å²) < 4.78 is 0. The van der Waals surface area contributed by atoms with Crippen LogP contribution in [0, 0.1) is 0 Å². The predicted molar refractivity (Wildman–Crippen MR) is 167 cm³/mol. The van der Waals surface area contributed by atoms with E-state index >= 15 is 0 Å². The maximum Gasteiger partial charge on any atom is 0.0278 e. The van der Waals surface area contributed by atoms with Crippen LogP contribution in [0.3, 0.4) is 0 Å². The van der Waals surface area contributed by atoms with Crippen LogP contribution in [0.15, 0.2) is 48.5 Å². The van der Waals surface area contributed by atoms with Crippen molar-refractivity contribution in [1.29, 1.82) is 0 Å². The number of hydrogen-bond acceptors (Lipinski definition) is 4. The largest absolute Gasteiger partial charge is 0.140 e. The SMILES string of the molecule is CCCCCC1c2ccc(s2)/C=C/c2ccc(s2)C(CCCCC)c2ccc(s2)/C=C/c2ccc1s2. The van der Waals surface area contributed by atoms with E-state index in [1.54, 1.807) is 0 Å². The van der Waals surface area contributed by atoms with Crippen LogP contribution in [0.1, 0.15) is 116 Å². The van der Waals surface area contributed by atoms with E-state index < -0.39 is 0 Å². The van der Waals surface area contributed by atoms with E-state index in [0.717, 1.165) is 0 Å². The van der Waals surface area contributed by atoms with Crippen molar-refractivity contribution in [3.8, 4) is 0 Å². The van der Waals surface area contributed by atoms with E-state index in [4.69, 9.17) is 0 Å². The van der Waals surface area contributed by atoms with Crippen molar-refractivity contribution in [2.75, 3.05) is 0 Å². The van der Waals surface area contributed by atoms with Gasteiger partial charge in [-0.05, 0) is 85.7 Å². The first-order valence-corrected chi connectivity index (χ1v) is 16.7. The van der Waals surface area contributed by atoms with Crippen LogP contribution in [0.2, 0.25) is 0 Å². The molecule has 188 valence electrons. The second kappa shape index (κ2) is 12.7. The van der Waals surface area contributed by atoms with Crippen LogP contribution in [0.5, 0.6) is 0 Å². The smallest absolute Gasteiger partial charge is 0.0278 e. The summed E-state index contributed by atoms with van der Waals surface area (Å²) in [6.07, 6.45) is 19.5. The van der Waals surface area contributed by atoms with Crippen LogP contribution >= 0.6 is 45.3 Å². The molecule has 4 aromatic rings. The van der Waals surface area contributed by atoms with Crippen molar-refractivity contribution in [2.24, 2.45) is 0 Å². The Kier molecular flexibility index (Phi) is 9.13. The van der Waals surface area contributed by atoms with Gasteiger partial charge in [0.1, 0.15) is 0 Å². The Morgan fingerprint density at radius 3 is 1.03 bits per heavy atom. The molecule has 8 bridgehead atoms. The third-order valence-electron chi connectivity index (χ3n) is 6.98. The molecule has 0 aromatic carbocycles. The Morgan fingerprint density at radius 2 is 0.750 bits per heavy atom. The summed E-state index contributed by atoms with van der Waals surface area (Å²) >= 11 is 7.90. The second-order valence-electron chi connectivity index (χ2n) is 9.72. The van der Waals surface area contributed by atoms with Crippen LogP contribution in [0.25, 0.3) is 24.3 Å². The van der Waals surface area contributed by atoms with Gasteiger partial charge in [0.25, 0.3) is 0 Å². The molecule has 1 aliphatic heterocycles. The highest BCUT2D eigenvalue weighted by molar-refractivity contribution is 7.15. The zero-order valence-corrected chi connectivity index (χ0v) is 24.6. The van der Waals surface area contributed by atoms with Gasteiger partial charge >= 0.3 is 0 Å². The zero-order chi connectivity index (χ0) is 24.7. The molecule has 0 fully saturated rings. The molecule has 0 spiro atoms. The van der Waals surface area contributed by atoms with Crippen molar-refractivity contribution in [2.45, 2.75) is 77.0 Å². The minimum Gasteiger partial charge on any atom is -0.140 e. The van der Waals surface area contributed by atoms with E-state index in [0.29, 0.717) is 11.8 Å². The van der Waals surface area contributed by atoms with Gasteiger partial charge < -0.3 is 0 Å². The molecule has 36 heavy (non-hydrogen) atoms. The summed E-state index contributed by atoms with van der Waals surface area (Å²) in [4.78, 5) is 11.5. The molecule has 4 heteroatoms. The predicted octanol–water partition coefficient (Wildman–Crippen LogP) is 12.0. The second-order valence-corrected chi connectivity index (χ2v) is 14.3. The number of thiophene rings is 4. The standard InChI is InChI=1S/C32H36S4/c1-3-5-7-9-27-29-19-15-23(33-29)11-13-25-17-21-31(35-25)28(10-8-6-4-2)32-22-18-26(36-32)14-12-24-16-20-30(27)34-24/h11-22,27-28H,3-10H2,1-2H3/b13-11+,14-12+. The first kappa shape index (κ1) is 25.9. The fourth-order valence-electron chi connectivity index (χ4n) is 4.96. The number of fused-ring (bicyclic) bond motifs is 8. The molecule has 4 aromatic heterocycles. The Labute approximate surface area is 233 Å². The lowest BCUT2D eigenvalue weighted by Crippen LogP contribution is -1.96. The van der Waals surface area contributed by atoms with Crippen molar-refractivity contribution in [3.63, 3.8) is 0 Å². The molecule has 0 saturated heterocycles. The molecule has 0 N–H and O–H groups in total. The average molecular weight is 549 g/mol. The molecular weight excluding hydrogens is 513 g/mol. The maximum absolute atomic E-state index is 2.38. The monoisotopic (exact) mass is 548 g/mol. The molecule has 5 rings (SSSR count). The molecule has 0 aliphatic carbocycles. The number of unbranched alkanes of at least 4 members (excludes halogenated alkanes) is 4. The molecule has 5 heterocycles. The maximum atomic E-state index is 2.38. The molecule has 0 radical (unpaired) electrons. The zero-order valence-electron chi connectivity index (χ0n) is 21.4. The van der Waals surface area contributed by atoms with Crippen LogP contribution < -0.4 is 0 Å². The van der Waals surface area contributed by atoms with Gasteiger partial charge in [0, 0.05) is 50.9 Å². The van der Waals surface area contributed by atoms with Gasteiger partial charge in [-0.3, -0.25) is 0 Å². The first-order valence-electron chi connectivity index (χ1n) is 13.5. The minimum atomic E-state index is 0.514. The first-order chi connectivity index (χ1) is 17.7. The molecule has 0 amide bonds. The lowest BCUT2D eigenvalue weighted by atomic mass is 9.98. The fourth-order valence-corrected chi connectivity index (χ4v) is 9.38. The Balaban J connectivity index is 1.51. The minimum absolute atomic E-state index is 0.514. The molecular formula is C32H36S4. The van der Waals surface area contributed by atoms with E-state index in [9.17, 15) is 0 Å². The van der Waals surface area contributed by atoms with Crippen LogP contribution in [-0.4, -0.2) is 0 Å². The van der Waals surface area contributed by atoms with Gasteiger partial charge in [-0.1, -0.05) is 52.4 Å². The summed E-state index contributed by atoms with van der Waals surface area (Å²) in [6.45, 7) is 4.59. The topological polar surface area (TPSA) is 0 Å². The Bertz CT molecular complexity index is 1100. The Hall–Kier alpha value is -1.72. The van der Waals surface area contributed by atoms with Crippen molar-refractivity contribution < 1.29 is 0 Å². The lowest BCUT2D eigenvalue weighted by molar-refractivity contribution is 0.629. The molecule has 0 atom stereocenters. The fraction of sp³-hybridized carbons (Fsp3) is 0.375. The number of rotatable bonds is 8. The summed E-state index contributed by atoms with van der Waals surface area (Å²) in [5, 5.41) is 0. The third kappa shape index (κ3) is 6.39. The van der Waals surface area contributed by atoms with Gasteiger partial charge in [-0.15, -0.1) is 45.3 Å². The van der Waals surface area contributed by atoms with Gasteiger partial charge in [0.15, 0.2) is 0 Å². The molecule has 1 aliphatic rings. The molecule has 0 unspecified atom stereocenters. The van der Waals surface area contributed by atoms with E-state index in [1.807, 2.05) is 45.3 Å². The highest BCUT2D eigenvalue weighted by Crippen LogP contribution is 2.41. The summed E-state index contributed by atoms with van der Waals surface area (Å²) in [7, 11) is 0. The van der Waals surface area contributed by atoms with Crippen molar-refractivity contribution in [3.05, 3.63) is 87.5 Å².